The van der Waals surface area contributed by atoms with Crippen molar-refractivity contribution in [1.29, 1.82) is 0 Å². The number of nitrogens with zero attached hydrogens (tertiary/aromatic N) is 2. The van der Waals surface area contributed by atoms with Gasteiger partial charge in [-0.05, 0) is 24.3 Å². The largest absolute Gasteiger partial charge is 0.414 e. The van der Waals surface area contributed by atoms with Gasteiger partial charge in [0.1, 0.15) is 28.8 Å². The first-order valence-corrected chi connectivity index (χ1v) is 9.24. The Labute approximate surface area is 170 Å². The molecule has 2 amide bonds. The third-order valence-electron chi connectivity index (χ3n) is 3.57. The smallest absolute Gasteiger partial charge is 0.277 e. The van der Waals surface area contributed by atoms with Crippen LogP contribution in [0.5, 0.6) is 0 Å². The molecule has 0 aliphatic rings. The number of carbonyl (C=O) groups excluding carboxylic acids is 2. The van der Waals surface area contributed by atoms with Crippen LogP contribution in [0.15, 0.2) is 46.0 Å². The second-order valence-corrected chi connectivity index (χ2v) is 6.63. The van der Waals surface area contributed by atoms with Gasteiger partial charge in [-0.25, -0.2) is 17.6 Å². The van der Waals surface area contributed by atoms with Crippen LogP contribution in [0.25, 0.3) is 0 Å². The van der Waals surface area contributed by atoms with E-state index in [-0.39, 0.29) is 29.1 Å². The van der Waals surface area contributed by atoms with Crippen LogP contribution in [0.1, 0.15) is 16.2 Å². The number of nitrogens with one attached hydrogen (secondary N) is 2. The molecule has 1 aromatic heterocycles. The number of anilines is 1. The number of halogens is 4. The molecule has 0 saturated carbocycles. The van der Waals surface area contributed by atoms with E-state index in [0.717, 1.165) is 42.1 Å². The van der Waals surface area contributed by atoms with Gasteiger partial charge >= 0.3 is 0 Å². The lowest BCUT2D eigenvalue weighted by atomic mass is 10.2. The average Bonchev–Trinajstić information content (AvgIpc) is 3.15. The molecule has 12 heteroatoms. The first kappa shape index (κ1) is 21.3. The molecule has 156 valence electrons. The molecule has 2 aromatic carbocycles. The van der Waals surface area contributed by atoms with E-state index in [1.54, 1.807) is 0 Å². The second-order valence-electron chi connectivity index (χ2n) is 5.70. The molecule has 0 bridgehead atoms. The van der Waals surface area contributed by atoms with Crippen LogP contribution in [0.3, 0.4) is 0 Å². The molecule has 0 unspecified atom stereocenters. The zero-order chi connectivity index (χ0) is 21.7. The number of hydrogen-bond acceptors (Lipinski definition) is 6. The molecule has 7 nitrogen and oxygen atoms in total. The Hall–Kier alpha value is -3.41. The summed E-state index contributed by atoms with van der Waals surface area (Å²) in [5.41, 5.74) is -0.924. The van der Waals surface area contributed by atoms with Crippen molar-refractivity contribution in [3.63, 3.8) is 0 Å². The summed E-state index contributed by atoms with van der Waals surface area (Å²) < 4.78 is 58.7. The standard InChI is InChI=1S/C18H12F4N4O3S/c19-9-4-5-13(12(22)6-9)24-14(27)8-30-18-26-25-15(29-18)7-23-17(28)16-10(20)2-1-3-11(16)21/h1-6H,7-8H2,(H,23,28)(H,24,27). The van der Waals surface area contributed by atoms with Crippen molar-refractivity contribution in [3.05, 3.63) is 71.1 Å². The molecule has 0 fully saturated rings. The molecule has 2 N–H and O–H groups in total. The fourth-order valence-corrected chi connectivity index (χ4v) is 2.81. The highest BCUT2D eigenvalue weighted by Crippen LogP contribution is 2.19. The number of aromatic nitrogens is 2. The summed E-state index contributed by atoms with van der Waals surface area (Å²) in [6, 6.07) is 5.74. The fraction of sp³-hybridized carbons (Fsp3) is 0.111. The van der Waals surface area contributed by atoms with E-state index >= 15 is 0 Å². The van der Waals surface area contributed by atoms with Gasteiger partial charge in [-0.2, -0.15) is 0 Å². The van der Waals surface area contributed by atoms with Gasteiger partial charge in [0.25, 0.3) is 11.1 Å². The Kier molecular flexibility index (Phi) is 6.67. The Morgan fingerprint density at radius 2 is 1.73 bits per heavy atom. The van der Waals surface area contributed by atoms with Crippen molar-refractivity contribution in [1.82, 2.24) is 15.5 Å². The predicted molar refractivity (Wildman–Crippen MR) is 97.5 cm³/mol. The predicted octanol–water partition coefficient (Wildman–Crippen LogP) is 3.29. The van der Waals surface area contributed by atoms with Gasteiger partial charge in [-0.15, -0.1) is 10.2 Å². The minimum Gasteiger partial charge on any atom is -0.414 e. The van der Waals surface area contributed by atoms with E-state index in [1.807, 2.05) is 0 Å². The van der Waals surface area contributed by atoms with E-state index in [0.29, 0.717) is 6.07 Å². The molecular weight excluding hydrogens is 428 g/mol. The first-order chi connectivity index (χ1) is 14.3. The number of benzene rings is 2. The van der Waals surface area contributed by atoms with E-state index in [4.69, 9.17) is 4.42 Å². The number of thioether (sulfide) groups is 1. The summed E-state index contributed by atoms with van der Waals surface area (Å²) in [5, 5.41) is 11.8. The second kappa shape index (κ2) is 9.39. The van der Waals surface area contributed by atoms with E-state index < -0.39 is 40.6 Å². The summed E-state index contributed by atoms with van der Waals surface area (Å²) in [5.74, 6) is -5.61. The molecular formula is C18H12F4N4O3S. The van der Waals surface area contributed by atoms with E-state index in [2.05, 4.69) is 20.8 Å². The summed E-state index contributed by atoms with van der Waals surface area (Å²) >= 11 is 0.832. The minimum atomic E-state index is -1.02. The van der Waals surface area contributed by atoms with E-state index in [9.17, 15) is 27.2 Å². The molecule has 3 rings (SSSR count). The van der Waals surface area contributed by atoms with Crippen LogP contribution in [-0.2, 0) is 11.3 Å². The Balaban J connectivity index is 1.50. The quantitative estimate of drug-likeness (QED) is 0.432. The maximum atomic E-state index is 13.6. The highest BCUT2D eigenvalue weighted by molar-refractivity contribution is 7.99. The molecule has 0 radical (unpaired) electrons. The van der Waals surface area contributed by atoms with Crippen LogP contribution in [0.4, 0.5) is 23.2 Å². The van der Waals surface area contributed by atoms with Crippen LogP contribution in [0.2, 0.25) is 0 Å². The number of hydrogen-bond donors (Lipinski definition) is 2. The van der Waals surface area contributed by atoms with E-state index in [1.165, 1.54) is 0 Å². The van der Waals surface area contributed by atoms with Gasteiger partial charge in [-0.1, -0.05) is 17.8 Å². The summed E-state index contributed by atoms with van der Waals surface area (Å²) in [6.45, 7) is -0.298. The van der Waals surface area contributed by atoms with Gasteiger partial charge < -0.3 is 15.1 Å². The Morgan fingerprint density at radius 1 is 1.00 bits per heavy atom. The van der Waals surface area contributed by atoms with Crippen molar-refractivity contribution in [3.8, 4) is 0 Å². The molecule has 0 aliphatic heterocycles. The Morgan fingerprint density at radius 3 is 2.43 bits per heavy atom. The van der Waals surface area contributed by atoms with Crippen molar-refractivity contribution < 1.29 is 31.6 Å². The van der Waals surface area contributed by atoms with Gasteiger partial charge in [0.15, 0.2) is 0 Å². The van der Waals surface area contributed by atoms with Crippen LogP contribution < -0.4 is 10.6 Å². The van der Waals surface area contributed by atoms with Crippen molar-refractivity contribution in [2.75, 3.05) is 11.1 Å². The third kappa shape index (κ3) is 5.35. The van der Waals surface area contributed by atoms with Gasteiger partial charge in [0.05, 0.1) is 18.0 Å². The summed E-state index contributed by atoms with van der Waals surface area (Å²) in [4.78, 5) is 23.8. The van der Waals surface area contributed by atoms with Crippen molar-refractivity contribution in [2.24, 2.45) is 0 Å². The van der Waals surface area contributed by atoms with Crippen molar-refractivity contribution >= 4 is 29.3 Å². The SMILES string of the molecule is O=C(CSc1nnc(CNC(=O)c2c(F)cccc2F)o1)Nc1ccc(F)cc1F. The fourth-order valence-electron chi connectivity index (χ4n) is 2.23. The molecule has 0 atom stereocenters. The zero-order valence-corrected chi connectivity index (χ0v) is 15.7. The lowest BCUT2D eigenvalue weighted by molar-refractivity contribution is -0.113. The van der Waals surface area contributed by atoms with Crippen LogP contribution in [0, 0.1) is 23.3 Å². The summed E-state index contributed by atoms with van der Waals surface area (Å²) in [7, 11) is 0. The molecule has 1 heterocycles. The number of amides is 2. The average molecular weight is 440 g/mol. The maximum absolute atomic E-state index is 13.6. The van der Waals surface area contributed by atoms with Gasteiger partial charge in [0, 0.05) is 6.07 Å². The number of rotatable bonds is 7. The lowest BCUT2D eigenvalue weighted by Crippen LogP contribution is -2.25. The highest BCUT2D eigenvalue weighted by atomic mass is 32.2. The molecule has 0 spiro atoms. The molecule has 3 aromatic rings. The summed E-state index contributed by atoms with van der Waals surface area (Å²) in [6.07, 6.45) is 0. The lowest BCUT2D eigenvalue weighted by Gasteiger charge is -2.05. The molecule has 30 heavy (non-hydrogen) atoms. The highest BCUT2D eigenvalue weighted by Gasteiger charge is 2.18. The molecule has 0 saturated heterocycles. The van der Waals surface area contributed by atoms with Gasteiger partial charge in [-0.3, -0.25) is 9.59 Å². The maximum Gasteiger partial charge on any atom is 0.277 e. The third-order valence-corrected chi connectivity index (χ3v) is 4.39. The molecule has 0 aliphatic carbocycles. The zero-order valence-electron chi connectivity index (χ0n) is 14.9. The first-order valence-electron chi connectivity index (χ1n) is 8.26. The number of carbonyl (C=O) groups is 2. The topological polar surface area (TPSA) is 97.1 Å². The van der Waals surface area contributed by atoms with Crippen LogP contribution in [-0.4, -0.2) is 27.8 Å². The normalized spacial score (nSPS) is 10.7. The Bertz CT molecular complexity index is 1070. The minimum absolute atomic E-state index is 0.0222. The monoisotopic (exact) mass is 440 g/mol. The van der Waals surface area contributed by atoms with Crippen LogP contribution >= 0.6 is 11.8 Å². The van der Waals surface area contributed by atoms with Crippen molar-refractivity contribution in [2.45, 2.75) is 11.8 Å². The van der Waals surface area contributed by atoms with Gasteiger partial charge in [0.2, 0.25) is 11.8 Å².